The van der Waals surface area contributed by atoms with Gasteiger partial charge in [-0.25, -0.2) is 0 Å². The second-order valence-electron chi connectivity index (χ2n) is 7.54. The van der Waals surface area contributed by atoms with Gasteiger partial charge in [0.2, 0.25) is 11.8 Å². The average Bonchev–Trinajstić information content (AvgIpc) is 3.01. The number of aryl methyl sites for hydroxylation is 1. The largest absolute Gasteiger partial charge is 1.00 e. The maximum absolute atomic E-state index is 6.31. The van der Waals surface area contributed by atoms with E-state index in [0.717, 1.165) is 6.42 Å². The number of rotatable bonds is 1. The standard InChI is InChI=1S/C15H22N2O5.CH3.2H3P.Ru/c1-8-16-17-12(19-8)15-6-13(2,3)21-10(15)9-11(18-7-15)22-14(4,5)20-9;;;;/h9-11H,6-7H2,1-5H3;3*1H3;/q;-1;;;+1/t9-,10-,11-,15-;;;;/m0..../s1. The van der Waals surface area contributed by atoms with Gasteiger partial charge in [0.15, 0.2) is 12.1 Å². The molecule has 26 heavy (non-hydrogen) atoms. The van der Waals surface area contributed by atoms with Crippen molar-refractivity contribution in [3.05, 3.63) is 19.2 Å². The van der Waals surface area contributed by atoms with Crippen LogP contribution in [0.4, 0.5) is 0 Å². The molecule has 4 heterocycles. The van der Waals surface area contributed by atoms with E-state index in [1.165, 1.54) is 0 Å². The molecule has 10 heteroatoms. The van der Waals surface area contributed by atoms with Gasteiger partial charge in [-0.2, -0.15) is 19.8 Å². The Kier molecular flexibility index (Phi) is 8.60. The van der Waals surface area contributed by atoms with E-state index in [0.29, 0.717) is 18.4 Å². The van der Waals surface area contributed by atoms with Crippen LogP contribution >= 0.6 is 19.8 Å². The van der Waals surface area contributed by atoms with Crippen molar-refractivity contribution in [2.75, 3.05) is 6.61 Å². The summed E-state index contributed by atoms with van der Waals surface area (Å²) in [6.45, 7) is 10.1. The summed E-state index contributed by atoms with van der Waals surface area (Å²) in [5.74, 6) is 0.415. The fourth-order valence-electron chi connectivity index (χ4n) is 3.95. The molecular formula is C16H31N2O5P2Ru. The Morgan fingerprint density at radius 1 is 1.00 bits per heavy atom. The molecule has 1 aromatic rings. The van der Waals surface area contributed by atoms with Gasteiger partial charge < -0.3 is 30.8 Å². The quantitative estimate of drug-likeness (QED) is 0.337. The van der Waals surface area contributed by atoms with Gasteiger partial charge in [-0.3, -0.25) is 0 Å². The minimum absolute atomic E-state index is 0. The van der Waals surface area contributed by atoms with Crippen LogP contribution < -0.4 is 0 Å². The predicted octanol–water partition coefficient (Wildman–Crippen LogP) is 2.26. The van der Waals surface area contributed by atoms with Crippen LogP contribution in [0.15, 0.2) is 4.42 Å². The summed E-state index contributed by atoms with van der Waals surface area (Å²) in [5.41, 5.74) is -0.808. The van der Waals surface area contributed by atoms with Gasteiger partial charge >= 0.3 is 19.5 Å². The summed E-state index contributed by atoms with van der Waals surface area (Å²) >= 11 is 0. The molecule has 0 saturated carbocycles. The molecule has 0 spiro atoms. The van der Waals surface area contributed by atoms with Gasteiger partial charge in [0, 0.05) is 6.92 Å². The number of fused-ring (bicyclic) bond motifs is 3. The van der Waals surface area contributed by atoms with Crippen molar-refractivity contribution in [2.45, 2.75) is 76.3 Å². The first-order chi connectivity index (χ1) is 10.2. The van der Waals surface area contributed by atoms with E-state index in [-0.39, 0.29) is 64.5 Å². The van der Waals surface area contributed by atoms with Gasteiger partial charge in [-0.05, 0) is 34.1 Å². The van der Waals surface area contributed by atoms with Crippen LogP contribution in [0.2, 0.25) is 0 Å². The first-order valence-electron chi connectivity index (χ1n) is 7.67. The van der Waals surface area contributed by atoms with E-state index in [1.807, 2.05) is 13.8 Å². The summed E-state index contributed by atoms with van der Waals surface area (Å²) in [5, 5.41) is 8.22. The van der Waals surface area contributed by atoms with Crippen molar-refractivity contribution in [3.63, 3.8) is 0 Å². The molecule has 2 unspecified atom stereocenters. The smallest absolute Gasteiger partial charge is 0.425 e. The van der Waals surface area contributed by atoms with E-state index in [1.54, 1.807) is 6.92 Å². The molecule has 1 aromatic heterocycles. The molecule has 0 bridgehead atoms. The van der Waals surface area contributed by atoms with E-state index in [9.17, 15) is 0 Å². The van der Waals surface area contributed by atoms with Crippen molar-refractivity contribution in [1.29, 1.82) is 0 Å². The minimum Gasteiger partial charge on any atom is -0.425 e. The van der Waals surface area contributed by atoms with Crippen molar-refractivity contribution >= 4 is 19.8 Å². The number of aromatic nitrogens is 2. The fourth-order valence-corrected chi connectivity index (χ4v) is 3.95. The zero-order chi connectivity index (χ0) is 15.8. The molecule has 3 aliphatic heterocycles. The predicted molar refractivity (Wildman–Crippen MR) is 103 cm³/mol. The van der Waals surface area contributed by atoms with Crippen molar-refractivity contribution in [3.8, 4) is 0 Å². The SMILES string of the molecule is Cc1nnc([C@@]23CO[C@H]4OC(C)(C)O[C@H]4[C@@H]2OC(C)(C)C3)o1.P.P.[CH3-].[Ru+]. The molecule has 3 saturated heterocycles. The molecule has 4 rings (SSSR count). The Morgan fingerprint density at radius 2 is 1.65 bits per heavy atom. The molecule has 7 nitrogen and oxygen atoms in total. The summed E-state index contributed by atoms with van der Waals surface area (Å²) < 4.78 is 29.9. The second-order valence-corrected chi connectivity index (χ2v) is 7.54. The van der Waals surface area contributed by atoms with Gasteiger partial charge in [0.25, 0.3) is 0 Å². The number of hydrogen-bond acceptors (Lipinski definition) is 7. The third-order valence-corrected chi connectivity index (χ3v) is 4.58. The van der Waals surface area contributed by atoms with Crippen LogP contribution in [0.25, 0.3) is 0 Å². The van der Waals surface area contributed by atoms with Crippen LogP contribution in [0.3, 0.4) is 0 Å². The Hall–Kier alpha value is 0.463. The Morgan fingerprint density at radius 3 is 2.23 bits per heavy atom. The van der Waals surface area contributed by atoms with Crippen LogP contribution in [-0.4, -0.2) is 46.7 Å². The van der Waals surface area contributed by atoms with Crippen molar-refractivity contribution in [2.24, 2.45) is 0 Å². The zero-order valence-electron chi connectivity index (χ0n) is 16.3. The molecule has 153 valence electrons. The molecule has 0 aliphatic carbocycles. The summed E-state index contributed by atoms with van der Waals surface area (Å²) in [7, 11) is 0. The van der Waals surface area contributed by atoms with Gasteiger partial charge in [0.05, 0.1) is 12.2 Å². The summed E-state index contributed by atoms with van der Waals surface area (Å²) in [6, 6.07) is 0. The summed E-state index contributed by atoms with van der Waals surface area (Å²) in [4.78, 5) is 0. The van der Waals surface area contributed by atoms with E-state index in [2.05, 4.69) is 24.0 Å². The number of ether oxygens (including phenoxy) is 4. The van der Waals surface area contributed by atoms with Crippen molar-refractivity contribution in [1.82, 2.24) is 10.2 Å². The van der Waals surface area contributed by atoms with Crippen LogP contribution in [0, 0.1) is 14.4 Å². The number of nitrogens with zero attached hydrogens (tertiary/aromatic N) is 2. The van der Waals surface area contributed by atoms with Crippen LogP contribution in [-0.2, 0) is 43.8 Å². The van der Waals surface area contributed by atoms with Crippen LogP contribution in [0.1, 0.15) is 45.9 Å². The minimum atomic E-state index is -0.688. The van der Waals surface area contributed by atoms with E-state index >= 15 is 0 Å². The molecule has 6 atom stereocenters. The first kappa shape index (κ1) is 26.5. The molecule has 0 N–H and O–H groups in total. The third-order valence-electron chi connectivity index (χ3n) is 4.58. The zero-order valence-corrected chi connectivity index (χ0v) is 20.9. The Bertz CT molecular complexity index is 615. The van der Waals surface area contributed by atoms with Crippen molar-refractivity contribution < 1.29 is 42.8 Å². The van der Waals surface area contributed by atoms with E-state index < -0.39 is 17.5 Å². The van der Waals surface area contributed by atoms with Crippen LogP contribution in [0.5, 0.6) is 0 Å². The third kappa shape index (κ3) is 4.22. The number of hydrogen-bond donors (Lipinski definition) is 0. The molecule has 0 aromatic carbocycles. The van der Waals surface area contributed by atoms with Gasteiger partial charge in [-0.15, -0.1) is 10.2 Å². The molecule has 0 amide bonds. The molecule has 1 radical (unpaired) electrons. The average molecular weight is 494 g/mol. The maximum atomic E-state index is 6.31. The Labute approximate surface area is 175 Å². The molecular weight excluding hydrogens is 463 g/mol. The monoisotopic (exact) mass is 495 g/mol. The normalized spacial score (nSPS) is 35.7. The maximum Gasteiger partial charge on any atom is 1.00 e. The first-order valence-corrected chi connectivity index (χ1v) is 7.67. The molecule has 3 fully saturated rings. The Balaban J connectivity index is 0.00000156. The topological polar surface area (TPSA) is 75.8 Å². The fraction of sp³-hybridized carbons (Fsp3) is 0.812. The molecule has 3 aliphatic rings. The second kappa shape index (κ2) is 8.45. The summed E-state index contributed by atoms with van der Waals surface area (Å²) in [6.07, 6.45) is -0.231. The van der Waals surface area contributed by atoms with E-state index in [4.69, 9.17) is 23.4 Å². The van der Waals surface area contributed by atoms with Gasteiger partial charge in [-0.1, -0.05) is 0 Å². The van der Waals surface area contributed by atoms with Gasteiger partial charge in [0.1, 0.15) is 17.6 Å².